The van der Waals surface area contributed by atoms with Crippen LogP contribution in [0.3, 0.4) is 0 Å². The molecule has 32 heavy (non-hydrogen) atoms. The fourth-order valence-electron chi connectivity index (χ4n) is 4.33. The Morgan fingerprint density at radius 1 is 1.25 bits per heavy atom. The molecule has 0 unspecified atom stereocenters. The van der Waals surface area contributed by atoms with Crippen molar-refractivity contribution < 1.29 is 23.1 Å². The van der Waals surface area contributed by atoms with Crippen molar-refractivity contribution in [1.82, 2.24) is 15.5 Å². The summed E-state index contributed by atoms with van der Waals surface area (Å²) in [6.07, 6.45) is 5.01. The standard InChI is InChI=1S/C22H30N4O5S/c1-14-5-7-17(19(10-14)32(2,30)31)12-21(27)24-20-13-18(25-26-20)16-8-6-15(11-16)4-3-9-23-22(28)29/h5,7,10,13,15-16,23H,3-4,6,8-9,11-12H2,1-2H3,(H,28,29)(H2,24,25,26,27)/t15-,16-/m0/s1. The molecular weight excluding hydrogens is 432 g/mol. The molecule has 4 N–H and O–H groups in total. The largest absolute Gasteiger partial charge is 0.465 e. The number of amides is 2. The van der Waals surface area contributed by atoms with Gasteiger partial charge in [-0.05, 0) is 62.1 Å². The van der Waals surface area contributed by atoms with Crippen molar-refractivity contribution in [2.24, 2.45) is 5.92 Å². The number of rotatable bonds is 9. The van der Waals surface area contributed by atoms with Gasteiger partial charge in [0, 0.05) is 30.5 Å². The van der Waals surface area contributed by atoms with Crippen LogP contribution in [-0.2, 0) is 21.1 Å². The van der Waals surface area contributed by atoms with Gasteiger partial charge in [-0.3, -0.25) is 9.89 Å². The average Bonchev–Trinajstić information content (AvgIpc) is 3.35. The Balaban J connectivity index is 1.54. The first-order valence-electron chi connectivity index (χ1n) is 10.7. The van der Waals surface area contributed by atoms with Crippen molar-refractivity contribution in [3.8, 4) is 0 Å². The Hall–Kier alpha value is -2.88. The topological polar surface area (TPSA) is 141 Å². The molecule has 1 aliphatic rings. The van der Waals surface area contributed by atoms with Gasteiger partial charge in [-0.25, -0.2) is 13.2 Å². The quantitative estimate of drug-likeness (QED) is 0.422. The van der Waals surface area contributed by atoms with Gasteiger partial charge in [0.15, 0.2) is 15.7 Å². The van der Waals surface area contributed by atoms with Gasteiger partial charge in [-0.1, -0.05) is 12.1 Å². The van der Waals surface area contributed by atoms with Crippen LogP contribution in [0.2, 0.25) is 0 Å². The van der Waals surface area contributed by atoms with Crippen LogP contribution in [0, 0.1) is 12.8 Å². The van der Waals surface area contributed by atoms with Gasteiger partial charge in [0.1, 0.15) is 0 Å². The second kappa shape index (κ2) is 10.2. The minimum atomic E-state index is -3.43. The lowest BCUT2D eigenvalue weighted by atomic mass is 9.98. The molecule has 10 heteroatoms. The molecule has 0 radical (unpaired) electrons. The van der Waals surface area contributed by atoms with Gasteiger partial charge in [0.05, 0.1) is 11.3 Å². The monoisotopic (exact) mass is 462 g/mol. The lowest BCUT2D eigenvalue weighted by molar-refractivity contribution is -0.115. The molecule has 1 saturated carbocycles. The molecule has 2 atom stereocenters. The summed E-state index contributed by atoms with van der Waals surface area (Å²) >= 11 is 0. The summed E-state index contributed by atoms with van der Waals surface area (Å²) < 4.78 is 24.1. The van der Waals surface area contributed by atoms with Crippen LogP contribution in [-0.4, -0.2) is 48.5 Å². The molecular formula is C22H30N4O5S. The Labute approximate surface area is 187 Å². The highest BCUT2D eigenvalue weighted by molar-refractivity contribution is 7.90. The zero-order valence-corrected chi connectivity index (χ0v) is 19.2. The number of nitrogens with one attached hydrogen (secondary N) is 3. The molecule has 9 nitrogen and oxygen atoms in total. The molecule has 2 amide bonds. The molecule has 2 aromatic rings. The van der Waals surface area contributed by atoms with Crippen molar-refractivity contribution in [1.29, 1.82) is 0 Å². The normalized spacial score (nSPS) is 18.4. The molecule has 174 valence electrons. The second-order valence-corrected chi connectivity index (χ2v) is 10.6. The number of hydrogen-bond donors (Lipinski definition) is 4. The van der Waals surface area contributed by atoms with E-state index in [1.54, 1.807) is 18.2 Å². The highest BCUT2D eigenvalue weighted by atomic mass is 32.2. The van der Waals surface area contributed by atoms with Crippen LogP contribution in [0.15, 0.2) is 29.2 Å². The predicted molar refractivity (Wildman–Crippen MR) is 121 cm³/mol. The number of anilines is 1. The molecule has 0 bridgehead atoms. The number of H-pyrrole nitrogens is 1. The number of carboxylic acid groups (broad SMARTS) is 1. The average molecular weight is 463 g/mol. The van der Waals surface area contributed by atoms with E-state index in [1.807, 2.05) is 13.0 Å². The van der Waals surface area contributed by atoms with Crippen molar-refractivity contribution in [3.63, 3.8) is 0 Å². The number of carbonyl (C=O) groups is 2. The predicted octanol–water partition coefficient (Wildman–Crippen LogP) is 3.23. The number of aromatic amines is 1. The van der Waals surface area contributed by atoms with Crippen LogP contribution in [0.4, 0.5) is 10.6 Å². The lowest BCUT2D eigenvalue weighted by Gasteiger charge is -2.10. The maximum Gasteiger partial charge on any atom is 0.404 e. The highest BCUT2D eigenvalue weighted by Crippen LogP contribution is 2.40. The maximum absolute atomic E-state index is 12.5. The number of nitrogens with zero attached hydrogens (tertiary/aromatic N) is 1. The van der Waals surface area contributed by atoms with E-state index < -0.39 is 15.9 Å². The summed E-state index contributed by atoms with van der Waals surface area (Å²) in [6.45, 7) is 2.28. The van der Waals surface area contributed by atoms with E-state index in [0.717, 1.165) is 49.6 Å². The number of aryl methyl sites for hydroxylation is 1. The summed E-state index contributed by atoms with van der Waals surface area (Å²) in [4.78, 5) is 23.2. The fourth-order valence-corrected chi connectivity index (χ4v) is 5.34. The van der Waals surface area contributed by atoms with Crippen molar-refractivity contribution in [2.45, 2.75) is 56.3 Å². The molecule has 1 aliphatic carbocycles. The third-order valence-corrected chi connectivity index (χ3v) is 7.06. The summed E-state index contributed by atoms with van der Waals surface area (Å²) in [5.41, 5.74) is 2.25. The molecule has 3 rings (SSSR count). The van der Waals surface area contributed by atoms with E-state index in [2.05, 4.69) is 20.8 Å². The van der Waals surface area contributed by atoms with E-state index in [0.29, 0.717) is 29.8 Å². The van der Waals surface area contributed by atoms with Crippen molar-refractivity contribution >= 4 is 27.7 Å². The summed E-state index contributed by atoms with van der Waals surface area (Å²) in [5, 5.41) is 21.0. The van der Waals surface area contributed by atoms with E-state index in [-0.39, 0.29) is 17.2 Å². The molecule has 0 spiro atoms. The van der Waals surface area contributed by atoms with Crippen LogP contribution < -0.4 is 10.6 Å². The van der Waals surface area contributed by atoms with Crippen LogP contribution in [0.1, 0.15) is 54.8 Å². The van der Waals surface area contributed by atoms with Crippen LogP contribution in [0.25, 0.3) is 0 Å². The van der Waals surface area contributed by atoms with Gasteiger partial charge in [-0.2, -0.15) is 5.10 Å². The number of aromatic nitrogens is 2. The van der Waals surface area contributed by atoms with Gasteiger partial charge < -0.3 is 15.7 Å². The van der Waals surface area contributed by atoms with Crippen LogP contribution >= 0.6 is 0 Å². The van der Waals surface area contributed by atoms with E-state index in [1.165, 1.54) is 0 Å². The minimum Gasteiger partial charge on any atom is -0.465 e. The van der Waals surface area contributed by atoms with Gasteiger partial charge >= 0.3 is 6.09 Å². The Kier molecular flexibility index (Phi) is 7.55. The summed E-state index contributed by atoms with van der Waals surface area (Å²) in [6, 6.07) is 6.88. The van der Waals surface area contributed by atoms with E-state index >= 15 is 0 Å². The molecule has 0 aliphatic heterocycles. The van der Waals surface area contributed by atoms with Crippen molar-refractivity contribution in [3.05, 3.63) is 41.1 Å². The van der Waals surface area contributed by atoms with Gasteiger partial charge in [0.2, 0.25) is 5.91 Å². The minimum absolute atomic E-state index is 0.0548. The first kappa shape index (κ1) is 23.8. The zero-order valence-electron chi connectivity index (χ0n) is 18.3. The van der Waals surface area contributed by atoms with Gasteiger partial charge in [-0.15, -0.1) is 0 Å². The zero-order chi connectivity index (χ0) is 23.3. The number of hydrogen-bond acceptors (Lipinski definition) is 5. The summed E-state index contributed by atoms with van der Waals surface area (Å²) in [7, 11) is -3.43. The number of benzene rings is 1. The Bertz CT molecular complexity index is 1080. The molecule has 1 aromatic carbocycles. The van der Waals surface area contributed by atoms with Gasteiger partial charge in [0.25, 0.3) is 0 Å². The highest BCUT2D eigenvalue weighted by Gasteiger charge is 2.27. The van der Waals surface area contributed by atoms with E-state index in [4.69, 9.17) is 5.11 Å². The number of sulfone groups is 1. The molecule has 1 heterocycles. The SMILES string of the molecule is Cc1ccc(CC(=O)Nc2cc([C@H]3CC[C@H](CCCNC(=O)O)C3)[nH]n2)c(S(C)(=O)=O)c1. The molecule has 1 fully saturated rings. The Morgan fingerprint density at radius 3 is 2.75 bits per heavy atom. The summed E-state index contributed by atoms with van der Waals surface area (Å²) in [5.74, 6) is 0.978. The third kappa shape index (κ3) is 6.56. The Morgan fingerprint density at radius 2 is 2.03 bits per heavy atom. The first-order valence-corrected chi connectivity index (χ1v) is 12.6. The van der Waals surface area contributed by atoms with Crippen LogP contribution in [0.5, 0.6) is 0 Å². The maximum atomic E-state index is 12.5. The molecule has 1 aromatic heterocycles. The number of carbonyl (C=O) groups excluding carboxylic acids is 1. The van der Waals surface area contributed by atoms with Crippen molar-refractivity contribution in [2.75, 3.05) is 18.1 Å². The fraction of sp³-hybridized carbons (Fsp3) is 0.500. The second-order valence-electron chi connectivity index (χ2n) is 8.57. The third-order valence-electron chi connectivity index (χ3n) is 5.88. The lowest BCUT2D eigenvalue weighted by Crippen LogP contribution is -2.22. The smallest absolute Gasteiger partial charge is 0.404 e. The first-order chi connectivity index (χ1) is 15.1. The molecule has 0 saturated heterocycles. The van der Waals surface area contributed by atoms with E-state index in [9.17, 15) is 18.0 Å².